The first-order valence-corrected chi connectivity index (χ1v) is 6.12. The van der Waals surface area contributed by atoms with E-state index in [0.717, 1.165) is 38.8 Å². The summed E-state index contributed by atoms with van der Waals surface area (Å²) in [6.45, 7) is 3.95. The number of aryl methyl sites for hydroxylation is 1. The van der Waals surface area contributed by atoms with Crippen molar-refractivity contribution < 1.29 is 0 Å². The molecule has 0 aliphatic rings. The average molecular weight is 258 g/mol. The number of hydrogen-bond acceptors (Lipinski definition) is 2. The summed E-state index contributed by atoms with van der Waals surface area (Å²) in [5, 5.41) is 0.747. The largest absolute Gasteiger partial charge is 0.337 e. The van der Waals surface area contributed by atoms with Gasteiger partial charge in [-0.15, -0.1) is 0 Å². The van der Waals surface area contributed by atoms with Crippen LogP contribution in [-0.4, -0.2) is 15.0 Å². The number of halogens is 1. The van der Waals surface area contributed by atoms with Gasteiger partial charge in [-0.1, -0.05) is 23.7 Å². The predicted octanol–water partition coefficient (Wildman–Crippen LogP) is 3.90. The zero-order valence-electron chi connectivity index (χ0n) is 10.2. The van der Waals surface area contributed by atoms with Crippen LogP contribution in [0, 0.1) is 13.8 Å². The number of benzene rings is 1. The number of pyridine rings is 1. The molecule has 0 radical (unpaired) electrons. The van der Waals surface area contributed by atoms with Crippen LogP contribution >= 0.6 is 11.6 Å². The molecular formula is C14H12ClN3. The molecule has 90 valence electrons. The number of fused-ring (bicyclic) bond motifs is 1. The molecule has 3 rings (SSSR count). The lowest BCUT2D eigenvalue weighted by atomic mass is 10.1. The van der Waals surface area contributed by atoms with E-state index in [-0.39, 0.29) is 0 Å². The fraction of sp³-hybridized carbons (Fsp3) is 0.143. The average Bonchev–Trinajstić information content (AvgIpc) is 2.75. The molecule has 4 heteroatoms. The second-order valence-corrected chi connectivity index (χ2v) is 4.73. The Morgan fingerprint density at radius 1 is 1.06 bits per heavy atom. The van der Waals surface area contributed by atoms with Crippen LogP contribution in [0.1, 0.15) is 11.3 Å². The van der Waals surface area contributed by atoms with Crippen molar-refractivity contribution in [2.24, 2.45) is 0 Å². The summed E-state index contributed by atoms with van der Waals surface area (Å²) in [6.07, 6.45) is 0. The number of hydrogen-bond donors (Lipinski definition) is 1. The van der Waals surface area contributed by atoms with E-state index in [1.54, 1.807) is 0 Å². The molecule has 0 aliphatic carbocycles. The van der Waals surface area contributed by atoms with E-state index in [1.165, 1.54) is 0 Å². The summed E-state index contributed by atoms with van der Waals surface area (Å²) in [5.74, 6) is 0.808. The van der Waals surface area contributed by atoms with E-state index in [2.05, 4.69) is 15.0 Å². The van der Waals surface area contributed by atoms with Crippen molar-refractivity contribution in [3.63, 3.8) is 0 Å². The quantitative estimate of drug-likeness (QED) is 0.718. The van der Waals surface area contributed by atoms with E-state index in [4.69, 9.17) is 11.6 Å². The van der Waals surface area contributed by atoms with E-state index in [9.17, 15) is 0 Å². The van der Waals surface area contributed by atoms with Crippen molar-refractivity contribution in [3.8, 4) is 11.4 Å². The summed E-state index contributed by atoms with van der Waals surface area (Å²) >= 11 is 6.13. The fourth-order valence-corrected chi connectivity index (χ4v) is 2.15. The predicted molar refractivity (Wildman–Crippen MR) is 73.8 cm³/mol. The van der Waals surface area contributed by atoms with Crippen molar-refractivity contribution in [2.75, 3.05) is 0 Å². The van der Waals surface area contributed by atoms with E-state index in [0.29, 0.717) is 0 Å². The van der Waals surface area contributed by atoms with Crippen molar-refractivity contribution in [2.45, 2.75) is 13.8 Å². The minimum Gasteiger partial charge on any atom is -0.337 e. The SMILES string of the molecule is Cc1ccc2[nH]c(-c3cccc(Cl)c3C)nc2n1. The molecule has 1 aromatic carbocycles. The van der Waals surface area contributed by atoms with Crippen molar-refractivity contribution in [1.29, 1.82) is 0 Å². The number of nitrogens with one attached hydrogen (secondary N) is 1. The summed E-state index contributed by atoms with van der Waals surface area (Å²) < 4.78 is 0. The van der Waals surface area contributed by atoms with Gasteiger partial charge in [-0.05, 0) is 37.6 Å². The van der Waals surface area contributed by atoms with Gasteiger partial charge in [-0.2, -0.15) is 0 Å². The van der Waals surface area contributed by atoms with Gasteiger partial charge in [0.2, 0.25) is 0 Å². The van der Waals surface area contributed by atoms with E-state index >= 15 is 0 Å². The molecular weight excluding hydrogens is 246 g/mol. The van der Waals surface area contributed by atoms with Crippen LogP contribution < -0.4 is 0 Å². The lowest BCUT2D eigenvalue weighted by Crippen LogP contribution is -1.86. The molecule has 0 atom stereocenters. The lowest BCUT2D eigenvalue weighted by Gasteiger charge is -2.03. The monoisotopic (exact) mass is 257 g/mol. The Morgan fingerprint density at radius 2 is 1.89 bits per heavy atom. The van der Waals surface area contributed by atoms with Crippen molar-refractivity contribution in [1.82, 2.24) is 15.0 Å². The molecule has 18 heavy (non-hydrogen) atoms. The number of rotatable bonds is 1. The number of imidazole rings is 1. The lowest BCUT2D eigenvalue weighted by molar-refractivity contribution is 1.22. The number of nitrogens with zero attached hydrogens (tertiary/aromatic N) is 2. The third-order valence-corrected chi connectivity index (χ3v) is 3.42. The van der Waals surface area contributed by atoms with Crippen molar-refractivity contribution in [3.05, 3.63) is 46.6 Å². The Kier molecular flexibility index (Phi) is 2.56. The van der Waals surface area contributed by atoms with Gasteiger partial charge in [-0.25, -0.2) is 9.97 Å². The molecule has 0 fully saturated rings. The Morgan fingerprint density at radius 3 is 2.72 bits per heavy atom. The highest BCUT2D eigenvalue weighted by Gasteiger charge is 2.10. The molecule has 2 aromatic heterocycles. The maximum absolute atomic E-state index is 6.13. The summed E-state index contributed by atoms with van der Waals surface area (Å²) in [7, 11) is 0. The van der Waals surface area contributed by atoms with Gasteiger partial charge in [0, 0.05) is 16.3 Å². The number of aromatic nitrogens is 3. The highest BCUT2D eigenvalue weighted by Crippen LogP contribution is 2.27. The minimum atomic E-state index is 0.740. The van der Waals surface area contributed by atoms with Gasteiger partial charge in [-0.3, -0.25) is 0 Å². The van der Waals surface area contributed by atoms with Gasteiger partial charge in [0.05, 0.1) is 5.52 Å². The fourth-order valence-electron chi connectivity index (χ4n) is 1.98. The highest BCUT2D eigenvalue weighted by molar-refractivity contribution is 6.31. The summed E-state index contributed by atoms with van der Waals surface area (Å²) in [4.78, 5) is 12.2. The molecule has 0 saturated heterocycles. The molecule has 0 aliphatic heterocycles. The third-order valence-electron chi connectivity index (χ3n) is 3.01. The molecule has 0 unspecified atom stereocenters. The maximum Gasteiger partial charge on any atom is 0.178 e. The Balaban J connectivity index is 2.22. The van der Waals surface area contributed by atoms with E-state index < -0.39 is 0 Å². The molecule has 2 heterocycles. The first-order valence-electron chi connectivity index (χ1n) is 5.74. The molecule has 3 nitrogen and oxygen atoms in total. The molecule has 0 amide bonds. The second kappa shape index (κ2) is 4.10. The standard InChI is InChI=1S/C14H12ClN3/c1-8-6-7-12-14(16-8)18-13(17-12)10-4-3-5-11(15)9(10)2/h3-7H,1-2H3,(H,16,17,18). The molecule has 1 N–H and O–H groups in total. The Labute approximate surface area is 110 Å². The topological polar surface area (TPSA) is 41.6 Å². The normalized spacial score (nSPS) is 11.1. The van der Waals surface area contributed by atoms with Crippen LogP contribution in [-0.2, 0) is 0 Å². The van der Waals surface area contributed by atoms with E-state index in [1.807, 2.05) is 44.2 Å². The molecule has 0 saturated carbocycles. The first-order chi connectivity index (χ1) is 8.65. The smallest absolute Gasteiger partial charge is 0.178 e. The number of aromatic amines is 1. The van der Waals surface area contributed by atoms with Crippen LogP contribution in [0.25, 0.3) is 22.6 Å². The zero-order valence-corrected chi connectivity index (χ0v) is 10.9. The van der Waals surface area contributed by atoms with Crippen LogP contribution in [0.4, 0.5) is 0 Å². The van der Waals surface area contributed by atoms with Gasteiger partial charge < -0.3 is 4.98 Å². The summed E-state index contributed by atoms with van der Waals surface area (Å²) in [6, 6.07) is 9.77. The van der Waals surface area contributed by atoms with Crippen LogP contribution in [0.5, 0.6) is 0 Å². The van der Waals surface area contributed by atoms with Gasteiger partial charge in [0.25, 0.3) is 0 Å². The second-order valence-electron chi connectivity index (χ2n) is 4.32. The highest BCUT2D eigenvalue weighted by atomic mass is 35.5. The van der Waals surface area contributed by atoms with Crippen LogP contribution in [0.15, 0.2) is 30.3 Å². The Bertz CT molecular complexity index is 731. The van der Waals surface area contributed by atoms with Crippen LogP contribution in [0.3, 0.4) is 0 Å². The van der Waals surface area contributed by atoms with Crippen molar-refractivity contribution >= 4 is 22.8 Å². The maximum atomic E-state index is 6.13. The third kappa shape index (κ3) is 1.77. The summed E-state index contributed by atoms with van der Waals surface area (Å²) in [5.41, 5.74) is 4.68. The van der Waals surface area contributed by atoms with Crippen LogP contribution in [0.2, 0.25) is 5.02 Å². The zero-order chi connectivity index (χ0) is 12.7. The molecule has 0 spiro atoms. The number of H-pyrrole nitrogens is 1. The van der Waals surface area contributed by atoms with Gasteiger partial charge in [0.1, 0.15) is 5.82 Å². The minimum absolute atomic E-state index is 0.740. The first kappa shape index (κ1) is 11.2. The molecule has 3 aromatic rings. The van der Waals surface area contributed by atoms with Gasteiger partial charge in [0.15, 0.2) is 5.65 Å². The molecule has 0 bridgehead atoms. The Hall–Kier alpha value is -1.87. The van der Waals surface area contributed by atoms with Gasteiger partial charge >= 0.3 is 0 Å².